The largest absolute Gasteiger partial charge is 0.455 e. The Morgan fingerprint density at radius 2 is 1.71 bits per heavy atom. The molecule has 3 rings (SSSR count). The Morgan fingerprint density at radius 3 is 2.39 bits per heavy atom. The Balaban J connectivity index is 1.77. The van der Waals surface area contributed by atoms with Gasteiger partial charge >= 0.3 is 5.97 Å². The first kappa shape index (κ1) is 19.6. The first-order valence-corrected chi connectivity index (χ1v) is 9.79. The Bertz CT molecular complexity index is 929. The molecule has 1 heterocycles. The molecule has 0 saturated carbocycles. The second-order valence-electron chi connectivity index (χ2n) is 5.75. The van der Waals surface area contributed by atoms with E-state index in [4.69, 9.17) is 4.74 Å². The first-order valence-electron chi connectivity index (χ1n) is 8.80. The van der Waals surface area contributed by atoms with Crippen molar-refractivity contribution in [3.8, 4) is 17.1 Å². The summed E-state index contributed by atoms with van der Waals surface area (Å²) in [4.78, 5) is 23.4. The molecule has 7 nitrogen and oxygen atoms in total. The summed E-state index contributed by atoms with van der Waals surface area (Å²) >= 11 is 1.21. The van der Waals surface area contributed by atoms with Crippen molar-refractivity contribution < 1.29 is 14.3 Å². The number of amides is 1. The summed E-state index contributed by atoms with van der Waals surface area (Å²) < 4.78 is 6.89. The van der Waals surface area contributed by atoms with E-state index in [0.717, 1.165) is 11.3 Å². The van der Waals surface area contributed by atoms with E-state index in [9.17, 15) is 9.59 Å². The van der Waals surface area contributed by atoms with E-state index in [-0.39, 0.29) is 18.3 Å². The van der Waals surface area contributed by atoms with Crippen LogP contribution in [0.4, 0.5) is 0 Å². The van der Waals surface area contributed by atoms with Crippen LogP contribution in [0.15, 0.2) is 65.8 Å². The Morgan fingerprint density at radius 1 is 1.04 bits per heavy atom. The lowest BCUT2D eigenvalue weighted by Gasteiger charge is -2.10. The van der Waals surface area contributed by atoms with Crippen molar-refractivity contribution in [2.24, 2.45) is 0 Å². The molecule has 1 amide bonds. The van der Waals surface area contributed by atoms with Crippen LogP contribution < -0.4 is 5.32 Å². The van der Waals surface area contributed by atoms with E-state index >= 15 is 0 Å². The topological polar surface area (TPSA) is 86.1 Å². The van der Waals surface area contributed by atoms with Crippen LogP contribution in [0.2, 0.25) is 0 Å². The summed E-state index contributed by atoms with van der Waals surface area (Å²) in [5, 5.41) is 11.7. The van der Waals surface area contributed by atoms with E-state index in [1.807, 2.05) is 65.2 Å². The zero-order valence-corrected chi connectivity index (χ0v) is 16.2. The average Bonchev–Trinajstić information content (AvgIpc) is 3.16. The smallest absolute Gasteiger partial charge is 0.316 e. The predicted molar refractivity (Wildman–Crippen MR) is 107 cm³/mol. The maximum atomic E-state index is 12.0. The molecular weight excluding hydrogens is 376 g/mol. The number of carbonyl (C=O) groups is 2. The van der Waals surface area contributed by atoms with Crippen LogP contribution >= 0.6 is 11.8 Å². The van der Waals surface area contributed by atoms with E-state index in [1.165, 1.54) is 11.8 Å². The molecule has 0 saturated heterocycles. The summed E-state index contributed by atoms with van der Waals surface area (Å²) in [7, 11) is 0. The Labute approximate surface area is 167 Å². The third kappa shape index (κ3) is 4.98. The van der Waals surface area contributed by atoms with E-state index in [0.29, 0.717) is 17.5 Å². The zero-order chi connectivity index (χ0) is 19.8. The number of esters is 1. The lowest BCUT2D eigenvalue weighted by atomic mass is 10.2. The molecule has 0 spiro atoms. The van der Waals surface area contributed by atoms with Gasteiger partial charge in [0.2, 0.25) is 0 Å². The minimum atomic E-state index is -0.486. The van der Waals surface area contributed by atoms with Gasteiger partial charge in [0, 0.05) is 17.8 Å². The number of ether oxygens (including phenoxy) is 1. The minimum absolute atomic E-state index is 0.0269. The van der Waals surface area contributed by atoms with Crippen molar-refractivity contribution in [2.75, 3.05) is 18.9 Å². The summed E-state index contributed by atoms with van der Waals surface area (Å²) in [6, 6.07) is 19.4. The number of hydrogen-bond donors (Lipinski definition) is 1. The highest BCUT2D eigenvalue weighted by atomic mass is 32.2. The van der Waals surface area contributed by atoms with Crippen LogP contribution in [0.5, 0.6) is 0 Å². The van der Waals surface area contributed by atoms with Crippen molar-refractivity contribution >= 4 is 23.6 Å². The number of para-hydroxylation sites is 1. The summed E-state index contributed by atoms with van der Waals surface area (Å²) in [5.41, 5.74) is 1.81. The third-order valence-electron chi connectivity index (χ3n) is 3.74. The van der Waals surface area contributed by atoms with E-state index in [1.54, 1.807) is 6.92 Å². The van der Waals surface area contributed by atoms with Gasteiger partial charge in [0.1, 0.15) is 0 Å². The quantitative estimate of drug-likeness (QED) is 0.465. The standard InChI is InChI=1S/C20H20N4O3S/c1-2-21-17(25)13-27-18(26)14-28-20-23-22-19(15-9-5-3-6-10-15)24(20)16-11-7-4-8-12-16/h3-12H,2,13-14H2,1H3,(H,21,25). The van der Waals surface area contributed by atoms with Gasteiger partial charge < -0.3 is 10.1 Å². The molecule has 0 atom stereocenters. The van der Waals surface area contributed by atoms with Crippen LogP contribution in [-0.2, 0) is 14.3 Å². The van der Waals surface area contributed by atoms with Crippen LogP contribution in [0.25, 0.3) is 17.1 Å². The monoisotopic (exact) mass is 396 g/mol. The van der Waals surface area contributed by atoms with Gasteiger partial charge in [0.25, 0.3) is 5.91 Å². The highest BCUT2D eigenvalue weighted by molar-refractivity contribution is 7.99. The number of thioether (sulfide) groups is 1. The average molecular weight is 396 g/mol. The van der Waals surface area contributed by atoms with Crippen molar-refractivity contribution in [3.05, 3.63) is 60.7 Å². The number of aromatic nitrogens is 3. The van der Waals surface area contributed by atoms with Gasteiger partial charge in [-0.15, -0.1) is 10.2 Å². The van der Waals surface area contributed by atoms with Gasteiger partial charge in [-0.2, -0.15) is 0 Å². The number of likely N-dealkylation sites (N-methyl/N-ethyl adjacent to an activating group) is 1. The second kappa shape index (κ2) is 9.70. The number of nitrogens with one attached hydrogen (secondary N) is 1. The molecule has 8 heteroatoms. The molecule has 0 aliphatic carbocycles. The van der Waals surface area contributed by atoms with Crippen molar-refractivity contribution in [1.82, 2.24) is 20.1 Å². The first-order chi connectivity index (χ1) is 13.7. The summed E-state index contributed by atoms with van der Waals surface area (Å²) in [6.45, 7) is 2.01. The molecule has 1 aromatic heterocycles. The number of rotatable bonds is 8. The fraction of sp³-hybridized carbons (Fsp3) is 0.200. The molecule has 0 radical (unpaired) electrons. The second-order valence-corrected chi connectivity index (χ2v) is 6.69. The number of hydrogen-bond acceptors (Lipinski definition) is 6. The van der Waals surface area contributed by atoms with Crippen LogP contribution in [0.1, 0.15) is 6.92 Å². The third-order valence-corrected chi connectivity index (χ3v) is 4.64. The van der Waals surface area contributed by atoms with Crippen LogP contribution in [0.3, 0.4) is 0 Å². The normalized spacial score (nSPS) is 10.5. The lowest BCUT2D eigenvalue weighted by Crippen LogP contribution is -2.28. The van der Waals surface area contributed by atoms with Crippen molar-refractivity contribution in [1.29, 1.82) is 0 Å². The van der Waals surface area contributed by atoms with Gasteiger partial charge in [0.15, 0.2) is 17.6 Å². The minimum Gasteiger partial charge on any atom is -0.455 e. The maximum absolute atomic E-state index is 12.0. The zero-order valence-electron chi connectivity index (χ0n) is 15.4. The fourth-order valence-electron chi connectivity index (χ4n) is 2.51. The molecule has 0 bridgehead atoms. The van der Waals surface area contributed by atoms with Gasteiger partial charge in [-0.25, -0.2) is 0 Å². The molecular formula is C20H20N4O3S. The number of nitrogens with zero attached hydrogens (tertiary/aromatic N) is 3. The van der Waals surface area contributed by atoms with E-state index < -0.39 is 5.97 Å². The molecule has 3 aromatic rings. The molecule has 1 N–H and O–H groups in total. The Kier molecular flexibility index (Phi) is 6.80. The summed E-state index contributed by atoms with van der Waals surface area (Å²) in [6.07, 6.45) is 0. The maximum Gasteiger partial charge on any atom is 0.316 e. The van der Waals surface area contributed by atoms with Crippen LogP contribution in [-0.4, -0.2) is 45.5 Å². The summed E-state index contributed by atoms with van der Waals surface area (Å²) in [5.74, 6) is -0.0936. The highest BCUT2D eigenvalue weighted by Gasteiger charge is 2.17. The van der Waals surface area contributed by atoms with E-state index in [2.05, 4.69) is 15.5 Å². The van der Waals surface area contributed by atoms with Crippen molar-refractivity contribution in [3.63, 3.8) is 0 Å². The molecule has 0 aliphatic heterocycles. The van der Waals surface area contributed by atoms with Gasteiger partial charge in [-0.3, -0.25) is 14.2 Å². The predicted octanol–water partition coefficient (Wildman–Crippen LogP) is 2.71. The van der Waals surface area contributed by atoms with Crippen molar-refractivity contribution in [2.45, 2.75) is 12.1 Å². The van der Waals surface area contributed by atoms with Gasteiger partial charge in [-0.1, -0.05) is 60.3 Å². The molecule has 0 fully saturated rings. The molecule has 2 aromatic carbocycles. The van der Waals surface area contributed by atoms with Crippen LogP contribution in [0, 0.1) is 0 Å². The fourth-order valence-corrected chi connectivity index (χ4v) is 3.26. The highest BCUT2D eigenvalue weighted by Crippen LogP contribution is 2.27. The SMILES string of the molecule is CCNC(=O)COC(=O)CSc1nnc(-c2ccccc2)n1-c1ccccc1. The molecule has 0 aliphatic rings. The van der Waals surface area contributed by atoms with Gasteiger partial charge in [0.05, 0.1) is 5.75 Å². The van der Waals surface area contributed by atoms with Gasteiger partial charge in [-0.05, 0) is 19.1 Å². The molecule has 0 unspecified atom stereocenters. The molecule has 144 valence electrons. The Hall–Kier alpha value is -3.13. The number of benzene rings is 2. The number of carbonyl (C=O) groups excluding carboxylic acids is 2. The molecule has 28 heavy (non-hydrogen) atoms. The lowest BCUT2D eigenvalue weighted by molar-refractivity contribution is -0.145.